The van der Waals surface area contributed by atoms with Gasteiger partial charge in [-0.25, -0.2) is 0 Å². The summed E-state index contributed by atoms with van der Waals surface area (Å²) in [5.74, 6) is -1.20. The van der Waals surface area contributed by atoms with Crippen LogP contribution in [0.2, 0.25) is 5.02 Å². The standard InChI is InChI=1S/C14H12ClNO6S/c1-21-9-4-7(3-8(15)12(9)22-2)5-10-13(19)16(6-11(17)18)14(20)23-10/h3-5H,6H2,1-2H3,(H,17,18)/b10-5+. The normalized spacial score (nSPS) is 16.1. The van der Waals surface area contributed by atoms with Crippen LogP contribution in [0.4, 0.5) is 4.79 Å². The molecule has 0 aromatic heterocycles. The fourth-order valence-electron chi connectivity index (χ4n) is 1.94. The van der Waals surface area contributed by atoms with Gasteiger partial charge in [-0.15, -0.1) is 0 Å². The second-order valence-electron chi connectivity index (χ2n) is 4.40. The fraction of sp³-hybridized carbons (Fsp3) is 0.214. The molecular formula is C14H12ClNO6S. The summed E-state index contributed by atoms with van der Waals surface area (Å²) in [7, 11) is 2.89. The minimum Gasteiger partial charge on any atom is -0.493 e. The Morgan fingerprint density at radius 1 is 1.35 bits per heavy atom. The number of thioether (sulfide) groups is 1. The maximum Gasteiger partial charge on any atom is 0.323 e. The molecule has 0 atom stereocenters. The molecule has 1 aromatic rings. The van der Waals surface area contributed by atoms with Gasteiger partial charge >= 0.3 is 5.97 Å². The van der Waals surface area contributed by atoms with Gasteiger partial charge in [0, 0.05) is 0 Å². The number of aliphatic carboxylic acids is 1. The van der Waals surface area contributed by atoms with Crippen molar-refractivity contribution >= 4 is 46.6 Å². The number of benzene rings is 1. The zero-order valence-electron chi connectivity index (χ0n) is 12.2. The highest BCUT2D eigenvalue weighted by atomic mass is 35.5. The first kappa shape index (κ1) is 17.2. The lowest BCUT2D eigenvalue weighted by Gasteiger charge is -2.10. The second-order valence-corrected chi connectivity index (χ2v) is 5.80. The summed E-state index contributed by atoms with van der Waals surface area (Å²) in [6.07, 6.45) is 1.45. The number of nitrogens with zero attached hydrogens (tertiary/aromatic N) is 1. The first-order chi connectivity index (χ1) is 10.9. The molecule has 1 fully saturated rings. The van der Waals surface area contributed by atoms with Crippen LogP contribution in [0.5, 0.6) is 11.5 Å². The number of carboxylic acids is 1. The van der Waals surface area contributed by atoms with Crippen molar-refractivity contribution in [3.05, 3.63) is 27.6 Å². The summed E-state index contributed by atoms with van der Waals surface area (Å²) in [5, 5.41) is 8.38. The third-order valence-corrected chi connectivity index (χ3v) is 4.11. The predicted octanol–water partition coefficient (Wildman–Crippen LogP) is 2.48. The van der Waals surface area contributed by atoms with Crippen molar-refractivity contribution in [3.8, 4) is 11.5 Å². The summed E-state index contributed by atoms with van der Waals surface area (Å²) < 4.78 is 10.3. The van der Waals surface area contributed by atoms with Crippen LogP contribution in [0, 0.1) is 0 Å². The summed E-state index contributed by atoms with van der Waals surface area (Å²) in [4.78, 5) is 35.3. The number of halogens is 1. The lowest BCUT2D eigenvalue weighted by molar-refractivity contribution is -0.140. The fourth-order valence-corrected chi connectivity index (χ4v) is 3.08. The molecule has 7 nitrogen and oxygen atoms in total. The number of ether oxygens (including phenoxy) is 2. The van der Waals surface area contributed by atoms with Crippen LogP contribution in [-0.2, 0) is 9.59 Å². The van der Waals surface area contributed by atoms with E-state index in [2.05, 4.69) is 0 Å². The molecule has 1 aliphatic rings. The predicted molar refractivity (Wildman–Crippen MR) is 84.9 cm³/mol. The minimum atomic E-state index is -1.26. The molecule has 0 radical (unpaired) electrons. The highest BCUT2D eigenvalue weighted by molar-refractivity contribution is 8.18. The van der Waals surface area contributed by atoms with Crippen molar-refractivity contribution < 1.29 is 29.0 Å². The molecule has 2 amide bonds. The van der Waals surface area contributed by atoms with Gasteiger partial charge < -0.3 is 14.6 Å². The number of amides is 2. The third kappa shape index (κ3) is 3.59. The van der Waals surface area contributed by atoms with Gasteiger partial charge in [0.25, 0.3) is 11.1 Å². The van der Waals surface area contributed by atoms with E-state index in [4.69, 9.17) is 26.2 Å². The van der Waals surface area contributed by atoms with Gasteiger partial charge in [0.1, 0.15) is 6.54 Å². The molecule has 0 aliphatic carbocycles. The van der Waals surface area contributed by atoms with Gasteiger partial charge in [-0.2, -0.15) is 0 Å². The summed E-state index contributed by atoms with van der Waals surface area (Å²) >= 11 is 6.75. The zero-order chi connectivity index (χ0) is 17.1. The largest absolute Gasteiger partial charge is 0.493 e. The molecule has 2 rings (SSSR count). The van der Waals surface area contributed by atoms with Gasteiger partial charge in [0.15, 0.2) is 11.5 Å². The minimum absolute atomic E-state index is 0.111. The average Bonchev–Trinajstić information content (AvgIpc) is 2.73. The number of carbonyl (C=O) groups is 3. The first-order valence-corrected chi connectivity index (χ1v) is 7.45. The molecule has 1 saturated heterocycles. The molecule has 23 heavy (non-hydrogen) atoms. The summed E-state index contributed by atoms with van der Waals surface area (Å²) in [6, 6.07) is 3.14. The average molecular weight is 358 g/mol. The lowest BCUT2D eigenvalue weighted by Crippen LogP contribution is -2.33. The number of carboxylic acid groups (broad SMARTS) is 1. The maximum absolute atomic E-state index is 12.1. The number of hydrogen-bond donors (Lipinski definition) is 1. The molecule has 0 bridgehead atoms. The molecule has 0 spiro atoms. The van der Waals surface area contributed by atoms with Gasteiger partial charge in [0.05, 0.1) is 24.1 Å². The van der Waals surface area contributed by atoms with Crippen LogP contribution in [0.25, 0.3) is 6.08 Å². The van der Waals surface area contributed by atoms with Gasteiger partial charge in [-0.1, -0.05) is 11.6 Å². The third-order valence-electron chi connectivity index (χ3n) is 2.92. The van der Waals surface area contributed by atoms with Crippen LogP contribution in [0.1, 0.15) is 5.56 Å². The second kappa shape index (κ2) is 6.93. The van der Waals surface area contributed by atoms with Crippen LogP contribution >= 0.6 is 23.4 Å². The van der Waals surface area contributed by atoms with E-state index >= 15 is 0 Å². The molecule has 1 aromatic carbocycles. The number of methoxy groups -OCH3 is 2. The molecule has 0 unspecified atom stereocenters. The van der Waals surface area contributed by atoms with Crippen molar-refractivity contribution in [2.24, 2.45) is 0 Å². The Hall–Kier alpha value is -2.19. The Labute approximate surface area is 140 Å². The monoisotopic (exact) mass is 357 g/mol. The molecule has 1 heterocycles. The topological polar surface area (TPSA) is 93.1 Å². The summed E-state index contributed by atoms with van der Waals surface area (Å²) in [6.45, 7) is -0.672. The van der Waals surface area contributed by atoms with E-state index in [0.29, 0.717) is 33.7 Å². The number of carbonyl (C=O) groups excluding carboxylic acids is 2. The molecule has 122 valence electrons. The molecule has 1 aliphatic heterocycles. The van der Waals surface area contributed by atoms with Crippen molar-refractivity contribution in [1.82, 2.24) is 4.90 Å². The van der Waals surface area contributed by atoms with Crippen LogP contribution in [-0.4, -0.2) is 47.9 Å². The Morgan fingerprint density at radius 3 is 2.61 bits per heavy atom. The van der Waals surface area contributed by atoms with Crippen molar-refractivity contribution in [1.29, 1.82) is 0 Å². The molecule has 0 saturated carbocycles. The SMILES string of the molecule is COc1cc(/C=C2/SC(=O)N(CC(=O)O)C2=O)cc(Cl)c1OC. The highest BCUT2D eigenvalue weighted by Gasteiger charge is 2.36. The first-order valence-electron chi connectivity index (χ1n) is 6.26. The quantitative estimate of drug-likeness (QED) is 0.809. The van der Waals surface area contributed by atoms with E-state index in [1.54, 1.807) is 12.1 Å². The van der Waals surface area contributed by atoms with Crippen molar-refractivity contribution in [2.75, 3.05) is 20.8 Å². The molecular weight excluding hydrogens is 346 g/mol. The van der Waals surface area contributed by atoms with E-state index in [1.165, 1.54) is 20.3 Å². The number of hydrogen-bond acceptors (Lipinski definition) is 6. The van der Waals surface area contributed by atoms with Gasteiger partial charge in [0.2, 0.25) is 0 Å². The van der Waals surface area contributed by atoms with E-state index in [1.807, 2.05) is 0 Å². The van der Waals surface area contributed by atoms with Crippen molar-refractivity contribution in [2.45, 2.75) is 0 Å². The van der Waals surface area contributed by atoms with Gasteiger partial charge in [-0.05, 0) is 35.5 Å². The van der Waals surface area contributed by atoms with Crippen LogP contribution < -0.4 is 9.47 Å². The summed E-state index contributed by atoms with van der Waals surface area (Å²) in [5.41, 5.74) is 0.522. The Balaban J connectivity index is 2.36. The van der Waals surface area contributed by atoms with E-state index in [9.17, 15) is 14.4 Å². The van der Waals surface area contributed by atoms with Gasteiger partial charge in [-0.3, -0.25) is 19.3 Å². The maximum atomic E-state index is 12.1. The Morgan fingerprint density at radius 2 is 2.04 bits per heavy atom. The van der Waals surface area contributed by atoms with E-state index < -0.39 is 23.7 Å². The zero-order valence-corrected chi connectivity index (χ0v) is 13.7. The Bertz CT molecular complexity index is 717. The number of imide groups is 1. The van der Waals surface area contributed by atoms with E-state index in [-0.39, 0.29) is 9.93 Å². The van der Waals surface area contributed by atoms with E-state index in [0.717, 1.165) is 0 Å². The lowest BCUT2D eigenvalue weighted by atomic mass is 10.2. The molecule has 9 heteroatoms. The van der Waals surface area contributed by atoms with Crippen LogP contribution in [0.3, 0.4) is 0 Å². The highest BCUT2D eigenvalue weighted by Crippen LogP contribution is 2.38. The number of rotatable bonds is 5. The smallest absolute Gasteiger partial charge is 0.323 e. The molecule has 1 N–H and O–H groups in total. The Kier molecular flexibility index (Phi) is 5.17. The van der Waals surface area contributed by atoms with Crippen molar-refractivity contribution in [3.63, 3.8) is 0 Å². The van der Waals surface area contributed by atoms with Crippen LogP contribution in [0.15, 0.2) is 17.0 Å².